The first-order valence-corrected chi connectivity index (χ1v) is 15.6. The van der Waals surface area contributed by atoms with Crippen LogP contribution in [-0.4, -0.2) is 57.0 Å². The number of unbranched alkanes of at least 4 members (excludes halogenated alkanes) is 1. The minimum atomic E-state index is -0.629. The number of hydrogen-bond acceptors (Lipinski definition) is 10. The summed E-state index contributed by atoms with van der Waals surface area (Å²) in [5.41, 5.74) is 1.45. The second-order valence-electron chi connectivity index (χ2n) is 9.29. The van der Waals surface area contributed by atoms with Crippen LogP contribution in [0.1, 0.15) is 77.5 Å². The maximum atomic E-state index is 13.3. The van der Waals surface area contributed by atoms with Gasteiger partial charge in [-0.15, -0.1) is 21.5 Å². The highest BCUT2D eigenvalue weighted by atomic mass is 32.2. The van der Waals surface area contributed by atoms with Crippen LogP contribution in [0, 0.1) is 6.92 Å². The number of anilines is 1. The zero-order chi connectivity index (χ0) is 30.6. The van der Waals surface area contributed by atoms with E-state index >= 15 is 0 Å². The first-order chi connectivity index (χ1) is 20.2. The van der Waals surface area contributed by atoms with Crippen molar-refractivity contribution in [3.8, 4) is 0 Å². The van der Waals surface area contributed by atoms with Crippen molar-refractivity contribution in [3.63, 3.8) is 0 Å². The van der Waals surface area contributed by atoms with Gasteiger partial charge in [-0.2, -0.15) is 0 Å². The van der Waals surface area contributed by atoms with E-state index in [1.54, 1.807) is 27.7 Å². The number of benzene rings is 1. The van der Waals surface area contributed by atoms with E-state index in [-0.39, 0.29) is 53.4 Å². The molecule has 0 spiro atoms. The first kappa shape index (κ1) is 32.8. The Balaban J connectivity index is 1.74. The van der Waals surface area contributed by atoms with Crippen LogP contribution < -0.4 is 10.6 Å². The number of amides is 2. The Kier molecular flexibility index (Phi) is 12.5. The molecule has 3 rings (SSSR count). The van der Waals surface area contributed by atoms with Crippen molar-refractivity contribution in [2.24, 2.45) is 0 Å². The van der Waals surface area contributed by atoms with Gasteiger partial charge in [-0.3, -0.25) is 9.59 Å². The zero-order valence-electron chi connectivity index (χ0n) is 24.5. The monoisotopic (exact) mass is 615 g/mol. The van der Waals surface area contributed by atoms with Gasteiger partial charge in [0.2, 0.25) is 11.8 Å². The lowest BCUT2D eigenvalue weighted by molar-refractivity contribution is -0.120. The maximum Gasteiger partial charge on any atom is 0.348 e. The molecule has 0 aliphatic carbocycles. The highest BCUT2D eigenvalue weighted by molar-refractivity contribution is 8.00. The Morgan fingerprint density at radius 1 is 1.02 bits per heavy atom. The van der Waals surface area contributed by atoms with Crippen molar-refractivity contribution in [2.45, 2.75) is 77.4 Å². The number of aromatic nitrogens is 3. The van der Waals surface area contributed by atoms with Crippen molar-refractivity contribution in [1.29, 1.82) is 0 Å². The lowest BCUT2D eigenvalue weighted by atomic mass is 10.1. The zero-order valence-corrected chi connectivity index (χ0v) is 26.2. The third-order valence-corrected chi connectivity index (χ3v) is 8.42. The van der Waals surface area contributed by atoms with Gasteiger partial charge in [0, 0.05) is 6.54 Å². The quantitative estimate of drug-likeness (QED) is 0.182. The van der Waals surface area contributed by atoms with E-state index in [0.29, 0.717) is 23.1 Å². The third kappa shape index (κ3) is 8.65. The number of thiophene rings is 1. The summed E-state index contributed by atoms with van der Waals surface area (Å²) >= 11 is 2.20. The molecule has 0 aliphatic heterocycles. The molecule has 11 nitrogen and oxygen atoms in total. The third-order valence-electron chi connectivity index (χ3n) is 6.16. The Morgan fingerprint density at radius 2 is 1.71 bits per heavy atom. The minimum Gasteiger partial charge on any atom is -0.462 e. The molecule has 2 amide bonds. The second kappa shape index (κ2) is 16.1. The van der Waals surface area contributed by atoms with Crippen molar-refractivity contribution in [3.05, 3.63) is 57.7 Å². The van der Waals surface area contributed by atoms with Crippen molar-refractivity contribution < 1.29 is 28.7 Å². The average molecular weight is 616 g/mol. The smallest absolute Gasteiger partial charge is 0.348 e. The Morgan fingerprint density at radius 3 is 2.38 bits per heavy atom. The van der Waals surface area contributed by atoms with Gasteiger partial charge in [-0.1, -0.05) is 55.4 Å². The van der Waals surface area contributed by atoms with Crippen LogP contribution in [0.4, 0.5) is 5.00 Å². The molecule has 0 unspecified atom stereocenters. The van der Waals surface area contributed by atoms with Crippen LogP contribution in [0.2, 0.25) is 0 Å². The topological polar surface area (TPSA) is 142 Å². The van der Waals surface area contributed by atoms with Crippen molar-refractivity contribution in [1.82, 2.24) is 20.1 Å². The second-order valence-corrected chi connectivity index (χ2v) is 11.6. The Labute approximate surface area is 253 Å². The van der Waals surface area contributed by atoms with E-state index in [4.69, 9.17) is 9.47 Å². The summed E-state index contributed by atoms with van der Waals surface area (Å²) in [6, 6.07) is 9.48. The Hall–Kier alpha value is -3.71. The number of nitrogens with one attached hydrogen (secondary N) is 2. The highest BCUT2D eigenvalue weighted by Gasteiger charge is 2.29. The molecule has 0 saturated carbocycles. The fourth-order valence-electron chi connectivity index (χ4n) is 3.97. The SMILES string of the molecule is CCCCn1c(CNC(=O)Cc2ccccc2)nnc1S[C@@H](C)C(=O)Nc1sc(C(=O)OCC)c(C)c1C(=O)OCC. The molecule has 0 saturated heterocycles. The fourth-order valence-corrected chi connectivity index (χ4v) is 5.95. The van der Waals surface area contributed by atoms with E-state index in [1.165, 1.54) is 11.8 Å². The minimum absolute atomic E-state index is 0.126. The standard InChI is InChI=1S/C29H37N5O6S2/c1-6-9-15-34-21(17-30-22(35)16-20-13-11-10-12-14-20)32-33-29(34)41-19(5)25(36)31-26-23(27(37)39-7-2)18(4)24(42-26)28(38)40-8-3/h10-14,19H,6-9,15-17H2,1-5H3,(H,30,35)(H,31,36)/t19-/m0/s1. The van der Waals surface area contributed by atoms with Gasteiger partial charge in [0.15, 0.2) is 11.0 Å². The predicted octanol–water partition coefficient (Wildman–Crippen LogP) is 4.78. The number of hydrogen-bond donors (Lipinski definition) is 2. The molecule has 13 heteroatoms. The number of ether oxygens (including phenoxy) is 2. The molecule has 42 heavy (non-hydrogen) atoms. The fraction of sp³-hybridized carbons (Fsp3) is 0.448. The molecule has 3 aromatic rings. The molecule has 0 fully saturated rings. The maximum absolute atomic E-state index is 13.3. The van der Waals surface area contributed by atoms with Crippen molar-refractivity contribution in [2.75, 3.05) is 18.5 Å². The first-order valence-electron chi connectivity index (χ1n) is 13.9. The molecule has 0 radical (unpaired) electrons. The van der Waals surface area contributed by atoms with Crippen LogP contribution in [0.25, 0.3) is 0 Å². The number of carbonyl (C=O) groups excluding carboxylic acids is 4. The molecular weight excluding hydrogens is 578 g/mol. The average Bonchev–Trinajstić information content (AvgIpc) is 3.50. The Bertz CT molecular complexity index is 1390. The number of thioether (sulfide) groups is 1. The van der Waals surface area contributed by atoms with Gasteiger partial charge in [0.25, 0.3) is 0 Å². The molecule has 2 N–H and O–H groups in total. The van der Waals surface area contributed by atoms with Gasteiger partial charge >= 0.3 is 11.9 Å². The number of carbonyl (C=O) groups is 4. The van der Waals surface area contributed by atoms with E-state index in [9.17, 15) is 19.2 Å². The van der Waals surface area contributed by atoms with Crippen LogP contribution in [0.15, 0.2) is 35.5 Å². The molecule has 1 aromatic carbocycles. The van der Waals surface area contributed by atoms with Gasteiger partial charge in [0.1, 0.15) is 9.88 Å². The summed E-state index contributed by atoms with van der Waals surface area (Å²) < 4.78 is 12.2. The summed E-state index contributed by atoms with van der Waals surface area (Å²) in [6.45, 7) is 9.95. The van der Waals surface area contributed by atoms with E-state index in [1.807, 2.05) is 34.9 Å². The summed E-state index contributed by atoms with van der Waals surface area (Å²) in [5, 5.41) is 14.4. The van der Waals surface area contributed by atoms with Gasteiger partial charge in [-0.05, 0) is 45.2 Å². The molecule has 2 heterocycles. The lowest BCUT2D eigenvalue weighted by Crippen LogP contribution is -2.26. The summed E-state index contributed by atoms with van der Waals surface area (Å²) in [4.78, 5) is 51.2. The molecule has 2 aromatic heterocycles. The molecule has 226 valence electrons. The summed E-state index contributed by atoms with van der Waals surface area (Å²) in [6.07, 6.45) is 2.07. The van der Waals surface area contributed by atoms with Crippen LogP contribution in [-0.2, 0) is 38.6 Å². The van der Waals surface area contributed by atoms with E-state index < -0.39 is 17.2 Å². The normalized spacial score (nSPS) is 11.5. The van der Waals surface area contributed by atoms with Gasteiger partial charge in [-0.25, -0.2) is 9.59 Å². The number of rotatable bonds is 15. The molecule has 1 atom stereocenters. The highest BCUT2D eigenvalue weighted by Crippen LogP contribution is 2.35. The van der Waals surface area contributed by atoms with E-state index in [2.05, 4.69) is 27.8 Å². The summed E-state index contributed by atoms with van der Waals surface area (Å²) in [5.74, 6) is -1.11. The van der Waals surface area contributed by atoms with Gasteiger partial charge in [0.05, 0.1) is 37.0 Å². The lowest BCUT2D eigenvalue weighted by Gasteiger charge is -2.14. The molecule has 0 bridgehead atoms. The van der Waals surface area contributed by atoms with Crippen LogP contribution >= 0.6 is 23.1 Å². The summed E-state index contributed by atoms with van der Waals surface area (Å²) in [7, 11) is 0. The molecular formula is C29H37N5O6S2. The largest absolute Gasteiger partial charge is 0.462 e. The number of esters is 2. The van der Waals surface area contributed by atoms with E-state index in [0.717, 1.165) is 29.7 Å². The van der Waals surface area contributed by atoms with Crippen LogP contribution in [0.3, 0.4) is 0 Å². The number of nitrogens with zero attached hydrogens (tertiary/aromatic N) is 3. The predicted molar refractivity (Wildman–Crippen MR) is 162 cm³/mol. The van der Waals surface area contributed by atoms with Gasteiger partial charge < -0.3 is 24.7 Å². The van der Waals surface area contributed by atoms with Crippen molar-refractivity contribution >= 4 is 51.9 Å². The van der Waals surface area contributed by atoms with Crippen LogP contribution in [0.5, 0.6) is 0 Å². The molecule has 0 aliphatic rings.